The zero-order valence-corrected chi connectivity index (χ0v) is 10.5. The maximum Gasteiger partial charge on any atom is 0.335 e. The highest BCUT2D eigenvalue weighted by Crippen LogP contribution is 2.23. The van der Waals surface area contributed by atoms with Crippen molar-refractivity contribution in [2.24, 2.45) is 0 Å². The monoisotopic (exact) mass is 261 g/mol. The second-order valence-corrected chi connectivity index (χ2v) is 4.50. The number of aromatic nitrogens is 1. The second-order valence-electron chi connectivity index (χ2n) is 4.50. The first-order chi connectivity index (χ1) is 9.02. The average Bonchev–Trinajstić information content (AvgIpc) is 2.77. The Morgan fingerprint density at radius 1 is 1.21 bits per heavy atom. The number of hydrogen-bond donors (Lipinski definition) is 2. The van der Waals surface area contributed by atoms with Crippen molar-refractivity contribution in [2.45, 2.75) is 25.8 Å². The first kappa shape index (κ1) is 13.1. The van der Waals surface area contributed by atoms with Crippen LogP contribution in [-0.4, -0.2) is 26.7 Å². The Bertz CT molecular complexity index is 629. The van der Waals surface area contributed by atoms with Crippen molar-refractivity contribution in [3.8, 4) is 0 Å². The molecule has 0 radical (unpaired) electrons. The molecule has 0 saturated carbocycles. The summed E-state index contributed by atoms with van der Waals surface area (Å²) in [7, 11) is 0. The van der Waals surface area contributed by atoms with Crippen molar-refractivity contribution in [3.63, 3.8) is 0 Å². The Labute approximate surface area is 110 Å². The van der Waals surface area contributed by atoms with E-state index >= 15 is 0 Å². The van der Waals surface area contributed by atoms with Gasteiger partial charge in [-0.25, -0.2) is 9.59 Å². The van der Waals surface area contributed by atoms with Crippen molar-refractivity contribution >= 4 is 22.7 Å². The highest BCUT2D eigenvalue weighted by molar-refractivity contribution is 5.94. The summed E-state index contributed by atoms with van der Waals surface area (Å²) in [5.41, 5.74) is 0.201. The van der Waals surface area contributed by atoms with E-state index in [9.17, 15) is 14.7 Å². The van der Waals surface area contributed by atoms with E-state index < -0.39 is 18.0 Å². The number of carboxylic acids is 2. The van der Waals surface area contributed by atoms with E-state index in [1.165, 1.54) is 6.07 Å². The Morgan fingerprint density at radius 2 is 1.89 bits per heavy atom. The Balaban J connectivity index is 2.45. The summed E-state index contributed by atoms with van der Waals surface area (Å²) >= 11 is 0. The summed E-state index contributed by atoms with van der Waals surface area (Å²) < 4.78 is 1.64. The number of rotatable bonds is 5. The predicted molar refractivity (Wildman–Crippen MR) is 70.5 cm³/mol. The number of aromatic carboxylic acids is 1. The summed E-state index contributed by atoms with van der Waals surface area (Å²) in [5.74, 6) is -1.86. The molecule has 1 unspecified atom stereocenters. The van der Waals surface area contributed by atoms with Crippen LogP contribution in [0.2, 0.25) is 0 Å². The SMILES string of the molecule is CCCC(C(=O)O)n1cc2ccc(C(=O)O)cc2c1. The van der Waals surface area contributed by atoms with Crippen LogP contribution < -0.4 is 0 Å². The quantitative estimate of drug-likeness (QED) is 0.867. The van der Waals surface area contributed by atoms with Crippen LogP contribution in [0, 0.1) is 0 Å². The molecule has 100 valence electrons. The molecule has 5 nitrogen and oxygen atoms in total. The van der Waals surface area contributed by atoms with Crippen molar-refractivity contribution in [3.05, 3.63) is 36.2 Å². The molecule has 0 saturated heterocycles. The lowest BCUT2D eigenvalue weighted by molar-refractivity contribution is -0.141. The third kappa shape index (κ3) is 2.59. The fraction of sp³-hybridized carbons (Fsp3) is 0.286. The van der Waals surface area contributed by atoms with Crippen LogP contribution in [0.15, 0.2) is 30.6 Å². The first-order valence-electron chi connectivity index (χ1n) is 6.10. The van der Waals surface area contributed by atoms with Crippen LogP contribution in [0.3, 0.4) is 0 Å². The fourth-order valence-corrected chi connectivity index (χ4v) is 2.15. The maximum absolute atomic E-state index is 11.2. The fourth-order valence-electron chi connectivity index (χ4n) is 2.15. The second kappa shape index (κ2) is 5.14. The van der Waals surface area contributed by atoms with Gasteiger partial charge < -0.3 is 14.8 Å². The summed E-state index contributed by atoms with van der Waals surface area (Å²) in [6.45, 7) is 1.93. The number of hydrogen-bond acceptors (Lipinski definition) is 2. The molecule has 0 aliphatic heterocycles. The number of nitrogens with zero attached hydrogens (tertiary/aromatic N) is 1. The zero-order chi connectivity index (χ0) is 14.0. The maximum atomic E-state index is 11.2. The van der Waals surface area contributed by atoms with Crippen molar-refractivity contribution in [1.29, 1.82) is 0 Å². The van der Waals surface area contributed by atoms with E-state index in [4.69, 9.17) is 5.11 Å². The largest absolute Gasteiger partial charge is 0.480 e. The molecule has 19 heavy (non-hydrogen) atoms. The summed E-state index contributed by atoms with van der Waals surface area (Å²) in [5, 5.41) is 19.7. The molecule has 1 aromatic heterocycles. The van der Waals surface area contributed by atoms with Gasteiger partial charge in [0.05, 0.1) is 5.56 Å². The minimum absolute atomic E-state index is 0.201. The molecule has 2 aromatic rings. The van der Waals surface area contributed by atoms with Gasteiger partial charge in [-0.2, -0.15) is 0 Å². The summed E-state index contributed by atoms with van der Waals surface area (Å²) in [6, 6.07) is 4.16. The number of carboxylic acid groups (broad SMARTS) is 2. The normalized spacial score (nSPS) is 12.5. The van der Waals surface area contributed by atoms with E-state index in [-0.39, 0.29) is 5.56 Å². The van der Waals surface area contributed by atoms with Gasteiger partial charge in [-0.3, -0.25) is 0 Å². The van der Waals surface area contributed by atoms with Gasteiger partial charge in [0.15, 0.2) is 0 Å². The van der Waals surface area contributed by atoms with Gasteiger partial charge in [0, 0.05) is 17.8 Å². The van der Waals surface area contributed by atoms with Crippen molar-refractivity contribution < 1.29 is 19.8 Å². The summed E-state index contributed by atoms with van der Waals surface area (Å²) in [4.78, 5) is 22.1. The molecule has 0 aliphatic rings. The van der Waals surface area contributed by atoms with Crippen LogP contribution in [0.25, 0.3) is 10.8 Å². The first-order valence-corrected chi connectivity index (χ1v) is 6.10. The molecule has 0 fully saturated rings. The van der Waals surface area contributed by atoms with E-state index in [1.807, 2.05) is 6.92 Å². The number of aliphatic carboxylic acids is 1. The van der Waals surface area contributed by atoms with Gasteiger partial charge >= 0.3 is 11.9 Å². The third-order valence-corrected chi connectivity index (χ3v) is 3.12. The van der Waals surface area contributed by atoms with E-state index in [0.29, 0.717) is 6.42 Å². The van der Waals surface area contributed by atoms with E-state index in [1.54, 1.807) is 29.1 Å². The number of fused-ring (bicyclic) bond motifs is 1. The van der Waals surface area contributed by atoms with Crippen molar-refractivity contribution in [1.82, 2.24) is 4.57 Å². The van der Waals surface area contributed by atoms with Gasteiger partial charge in [-0.1, -0.05) is 19.4 Å². The minimum Gasteiger partial charge on any atom is -0.480 e. The smallest absolute Gasteiger partial charge is 0.335 e. The molecule has 2 rings (SSSR count). The van der Waals surface area contributed by atoms with Gasteiger partial charge in [-0.15, -0.1) is 0 Å². The molecule has 1 atom stereocenters. The topological polar surface area (TPSA) is 79.5 Å². The lowest BCUT2D eigenvalue weighted by atomic mass is 10.1. The highest BCUT2D eigenvalue weighted by atomic mass is 16.4. The van der Waals surface area contributed by atoms with Crippen LogP contribution >= 0.6 is 0 Å². The molecular weight excluding hydrogens is 246 g/mol. The molecular formula is C14H15NO4. The standard InChI is InChI=1S/C14H15NO4/c1-2-3-12(14(18)19)15-7-10-5-4-9(13(16)17)6-11(10)8-15/h4-8,12H,2-3H2,1H3,(H,16,17)(H,18,19). The third-order valence-electron chi connectivity index (χ3n) is 3.12. The van der Waals surface area contributed by atoms with Gasteiger partial charge in [0.2, 0.25) is 0 Å². The number of benzene rings is 1. The van der Waals surface area contributed by atoms with E-state index in [0.717, 1.165) is 17.2 Å². The van der Waals surface area contributed by atoms with Gasteiger partial charge in [-0.05, 0) is 23.9 Å². The highest BCUT2D eigenvalue weighted by Gasteiger charge is 2.18. The molecule has 0 aliphatic carbocycles. The van der Waals surface area contributed by atoms with Crippen LogP contribution in [0.1, 0.15) is 36.2 Å². The van der Waals surface area contributed by atoms with E-state index in [2.05, 4.69) is 0 Å². The van der Waals surface area contributed by atoms with Gasteiger partial charge in [0.1, 0.15) is 6.04 Å². The lowest BCUT2D eigenvalue weighted by Gasteiger charge is -2.12. The number of carbonyl (C=O) groups is 2. The predicted octanol–water partition coefficient (Wildman–Crippen LogP) is 2.77. The minimum atomic E-state index is -0.988. The molecule has 2 N–H and O–H groups in total. The molecule has 0 bridgehead atoms. The zero-order valence-electron chi connectivity index (χ0n) is 10.5. The molecule has 0 spiro atoms. The Morgan fingerprint density at radius 3 is 2.47 bits per heavy atom. The molecule has 1 aromatic carbocycles. The molecule has 0 amide bonds. The Kier molecular flexibility index (Phi) is 3.55. The molecule has 5 heteroatoms. The lowest BCUT2D eigenvalue weighted by Crippen LogP contribution is -2.17. The van der Waals surface area contributed by atoms with Crippen LogP contribution in [0.5, 0.6) is 0 Å². The molecule has 1 heterocycles. The van der Waals surface area contributed by atoms with Gasteiger partial charge in [0.25, 0.3) is 0 Å². The summed E-state index contributed by atoms with van der Waals surface area (Å²) in [6.07, 6.45) is 4.75. The average molecular weight is 261 g/mol. The Hall–Kier alpha value is -2.30. The van der Waals surface area contributed by atoms with Crippen LogP contribution in [-0.2, 0) is 4.79 Å². The van der Waals surface area contributed by atoms with Crippen molar-refractivity contribution in [2.75, 3.05) is 0 Å². The van der Waals surface area contributed by atoms with Crippen LogP contribution in [0.4, 0.5) is 0 Å².